The number of nitrogens with zero attached hydrogens (tertiary/aromatic N) is 1. The first-order valence-electron chi connectivity index (χ1n) is 7.62. The van der Waals surface area contributed by atoms with E-state index in [1.807, 2.05) is 0 Å². The summed E-state index contributed by atoms with van der Waals surface area (Å²) in [6.07, 6.45) is 7.42. The van der Waals surface area contributed by atoms with Gasteiger partial charge in [-0.25, -0.2) is 0 Å². The number of nitrogens with one attached hydrogen (secondary N) is 1. The quantitative estimate of drug-likeness (QED) is 0.674. The van der Waals surface area contributed by atoms with Crippen molar-refractivity contribution in [3.63, 3.8) is 0 Å². The fourth-order valence-corrected chi connectivity index (χ4v) is 4.51. The summed E-state index contributed by atoms with van der Waals surface area (Å²) in [5.41, 5.74) is 6.26. The summed E-state index contributed by atoms with van der Waals surface area (Å²) in [6, 6.07) is 1.13. The van der Waals surface area contributed by atoms with Crippen molar-refractivity contribution in [2.24, 2.45) is 11.7 Å². The van der Waals surface area contributed by atoms with Crippen LogP contribution >= 0.6 is 0 Å². The summed E-state index contributed by atoms with van der Waals surface area (Å²) < 4.78 is 0. The molecule has 104 valence electrons. The molecule has 3 aliphatic rings. The van der Waals surface area contributed by atoms with Gasteiger partial charge in [0.05, 0.1) is 0 Å². The van der Waals surface area contributed by atoms with E-state index in [0.29, 0.717) is 24.6 Å². The van der Waals surface area contributed by atoms with Crippen molar-refractivity contribution >= 4 is 0 Å². The Morgan fingerprint density at radius 2 is 2.11 bits per heavy atom. The molecule has 4 N–H and O–H groups in total. The second-order valence-electron chi connectivity index (χ2n) is 6.43. The van der Waals surface area contributed by atoms with Gasteiger partial charge in [0.15, 0.2) is 0 Å². The molecule has 2 aliphatic heterocycles. The molecule has 0 aromatic rings. The van der Waals surface area contributed by atoms with Crippen LogP contribution in [0.15, 0.2) is 0 Å². The number of nitrogens with two attached hydrogens (primary N) is 1. The van der Waals surface area contributed by atoms with Crippen molar-refractivity contribution in [3.05, 3.63) is 0 Å². The second-order valence-corrected chi connectivity index (χ2v) is 6.43. The molecule has 3 rings (SSSR count). The first-order chi connectivity index (χ1) is 8.79. The minimum Gasteiger partial charge on any atom is -0.396 e. The summed E-state index contributed by atoms with van der Waals surface area (Å²) >= 11 is 0. The monoisotopic (exact) mass is 253 g/mol. The Labute approximate surface area is 110 Å². The van der Waals surface area contributed by atoms with Crippen molar-refractivity contribution in [1.29, 1.82) is 0 Å². The number of hydrogen-bond acceptors (Lipinski definition) is 4. The van der Waals surface area contributed by atoms with E-state index in [9.17, 15) is 5.11 Å². The summed E-state index contributed by atoms with van der Waals surface area (Å²) in [4.78, 5) is 2.61. The third kappa shape index (κ3) is 1.99. The molecular weight excluding hydrogens is 226 g/mol. The summed E-state index contributed by atoms with van der Waals surface area (Å²) in [5.74, 6) is 0.448. The van der Waals surface area contributed by atoms with Gasteiger partial charge in [-0.2, -0.15) is 0 Å². The highest BCUT2D eigenvalue weighted by molar-refractivity contribution is 5.10. The van der Waals surface area contributed by atoms with Crippen molar-refractivity contribution in [2.45, 2.75) is 56.1 Å². The van der Waals surface area contributed by atoms with E-state index in [-0.39, 0.29) is 5.54 Å². The molecule has 2 heterocycles. The van der Waals surface area contributed by atoms with Crippen molar-refractivity contribution in [2.75, 3.05) is 26.2 Å². The molecular formula is C14H27N3O. The van der Waals surface area contributed by atoms with Gasteiger partial charge in [-0.15, -0.1) is 0 Å². The molecule has 1 saturated carbocycles. The number of rotatable bonds is 4. The molecule has 2 saturated heterocycles. The van der Waals surface area contributed by atoms with Crippen molar-refractivity contribution < 1.29 is 5.11 Å². The van der Waals surface area contributed by atoms with E-state index in [0.717, 1.165) is 6.54 Å². The summed E-state index contributed by atoms with van der Waals surface area (Å²) in [6.45, 7) is 3.52. The zero-order chi connectivity index (χ0) is 12.6. The lowest BCUT2D eigenvalue weighted by Crippen LogP contribution is -2.61. The van der Waals surface area contributed by atoms with E-state index in [2.05, 4.69) is 10.2 Å². The maximum atomic E-state index is 9.47. The molecule has 0 bridgehead atoms. The lowest BCUT2D eigenvalue weighted by molar-refractivity contribution is 0.160. The van der Waals surface area contributed by atoms with Crippen LogP contribution in [0.25, 0.3) is 0 Å². The normalized spacial score (nSPS) is 44.7. The van der Waals surface area contributed by atoms with Gasteiger partial charge in [0.2, 0.25) is 0 Å². The van der Waals surface area contributed by atoms with Gasteiger partial charge >= 0.3 is 0 Å². The minimum atomic E-state index is 0.124. The zero-order valence-corrected chi connectivity index (χ0v) is 11.3. The SMILES string of the molecule is NCC1(NC2CCCC2CO)CCN2CCCC21. The van der Waals surface area contributed by atoms with Crippen LogP contribution in [0.1, 0.15) is 38.5 Å². The number of hydrogen-bond donors (Lipinski definition) is 3. The predicted molar refractivity (Wildman–Crippen MR) is 72.3 cm³/mol. The van der Waals surface area contributed by atoms with Crippen molar-refractivity contribution in [3.8, 4) is 0 Å². The number of aliphatic hydroxyl groups is 1. The minimum absolute atomic E-state index is 0.124. The highest BCUT2D eigenvalue weighted by atomic mass is 16.3. The summed E-state index contributed by atoms with van der Waals surface area (Å²) in [5, 5.41) is 13.4. The second kappa shape index (κ2) is 5.08. The molecule has 4 nitrogen and oxygen atoms in total. The lowest BCUT2D eigenvalue weighted by atomic mass is 9.86. The fourth-order valence-electron chi connectivity index (χ4n) is 4.51. The molecule has 4 atom stereocenters. The zero-order valence-electron chi connectivity index (χ0n) is 11.3. The predicted octanol–water partition coefficient (Wildman–Crippen LogP) is 0.303. The van der Waals surface area contributed by atoms with Gasteiger partial charge in [0, 0.05) is 37.3 Å². The van der Waals surface area contributed by atoms with E-state index >= 15 is 0 Å². The molecule has 1 aliphatic carbocycles. The van der Waals surface area contributed by atoms with Crippen LogP contribution in [-0.2, 0) is 0 Å². The Morgan fingerprint density at radius 3 is 2.89 bits per heavy atom. The first-order valence-corrected chi connectivity index (χ1v) is 7.62. The van der Waals surface area contributed by atoms with E-state index < -0.39 is 0 Å². The van der Waals surface area contributed by atoms with E-state index in [1.54, 1.807) is 0 Å². The smallest absolute Gasteiger partial charge is 0.0475 e. The third-order valence-corrected chi connectivity index (χ3v) is 5.58. The Bertz CT molecular complexity index is 299. The molecule has 18 heavy (non-hydrogen) atoms. The van der Waals surface area contributed by atoms with Gasteiger partial charge < -0.3 is 16.2 Å². The van der Waals surface area contributed by atoms with Crippen molar-refractivity contribution in [1.82, 2.24) is 10.2 Å². The van der Waals surface area contributed by atoms with Gasteiger partial charge in [-0.05, 0) is 44.6 Å². The molecule has 0 amide bonds. The van der Waals surface area contributed by atoms with Crippen LogP contribution in [0.4, 0.5) is 0 Å². The third-order valence-electron chi connectivity index (χ3n) is 5.58. The molecule has 0 aromatic heterocycles. The van der Waals surface area contributed by atoms with Crippen LogP contribution in [0.5, 0.6) is 0 Å². The molecule has 4 heteroatoms. The topological polar surface area (TPSA) is 61.5 Å². The van der Waals surface area contributed by atoms with E-state index in [4.69, 9.17) is 5.73 Å². The standard InChI is InChI=1S/C14H27N3O/c15-10-14(6-8-17-7-2-5-13(14)17)16-12-4-1-3-11(12)9-18/h11-13,16,18H,1-10,15H2. The first kappa shape index (κ1) is 12.9. The Balaban J connectivity index is 1.72. The van der Waals surface area contributed by atoms with Crippen LogP contribution < -0.4 is 11.1 Å². The van der Waals surface area contributed by atoms with Crippen LogP contribution in [-0.4, -0.2) is 53.9 Å². The number of fused-ring (bicyclic) bond motifs is 1. The lowest BCUT2D eigenvalue weighted by Gasteiger charge is -2.39. The van der Waals surface area contributed by atoms with Crippen LogP contribution in [0.2, 0.25) is 0 Å². The summed E-state index contributed by atoms with van der Waals surface area (Å²) in [7, 11) is 0. The molecule has 4 unspecified atom stereocenters. The Hall–Kier alpha value is -0.160. The molecule has 0 radical (unpaired) electrons. The van der Waals surface area contributed by atoms with Gasteiger partial charge in [0.25, 0.3) is 0 Å². The average molecular weight is 253 g/mol. The van der Waals surface area contributed by atoms with Gasteiger partial charge in [-0.3, -0.25) is 4.90 Å². The molecule has 0 spiro atoms. The van der Waals surface area contributed by atoms with E-state index in [1.165, 1.54) is 51.6 Å². The van der Waals surface area contributed by atoms with Crippen LogP contribution in [0, 0.1) is 5.92 Å². The maximum absolute atomic E-state index is 9.47. The largest absolute Gasteiger partial charge is 0.396 e. The highest BCUT2D eigenvalue weighted by Gasteiger charge is 2.49. The Morgan fingerprint density at radius 1 is 1.22 bits per heavy atom. The molecule has 3 fully saturated rings. The molecule has 0 aromatic carbocycles. The van der Waals surface area contributed by atoms with Crippen LogP contribution in [0.3, 0.4) is 0 Å². The van der Waals surface area contributed by atoms with Gasteiger partial charge in [-0.1, -0.05) is 6.42 Å². The number of aliphatic hydroxyl groups excluding tert-OH is 1. The fraction of sp³-hybridized carbons (Fsp3) is 1.00. The Kier molecular flexibility index (Phi) is 3.63. The highest BCUT2D eigenvalue weighted by Crippen LogP contribution is 2.38. The maximum Gasteiger partial charge on any atom is 0.0475 e. The van der Waals surface area contributed by atoms with Gasteiger partial charge in [0.1, 0.15) is 0 Å². The average Bonchev–Trinajstić information content (AvgIpc) is 3.07.